The van der Waals surface area contributed by atoms with Gasteiger partial charge in [-0.05, 0) is 43.9 Å². The van der Waals surface area contributed by atoms with Crippen molar-refractivity contribution in [3.63, 3.8) is 0 Å². The Morgan fingerprint density at radius 3 is 2.95 bits per heavy atom. The lowest BCUT2D eigenvalue weighted by Crippen LogP contribution is -2.35. The quantitative estimate of drug-likeness (QED) is 0.925. The van der Waals surface area contributed by atoms with E-state index in [1.165, 1.54) is 16.9 Å². The summed E-state index contributed by atoms with van der Waals surface area (Å²) in [5.41, 5.74) is 5.20. The lowest BCUT2D eigenvalue weighted by Gasteiger charge is -2.32. The van der Waals surface area contributed by atoms with E-state index >= 15 is 0 Å². The summed E-state index contributed by atoms with van der Waals surface area (Å²) in [7, 11) is 0. The highest BCUT2D eigenvalue weighted by molar-refractivity contribution is 5.54. The van der Waals surface area contributed by atoms with E-state index in [2.05, 4.69) is 66.2 Å². The summed E-state index contributed by atoms with van der Waals surface area (Å²) in [5, 5.41) is 8.27. The SMILES string of the molecule is CCn1nc(C)cc1CC1Nc2ccccc2CC1C. The van der Waals surface area contributed by atoms with Crippen LogP contribution in [0.25, 0.3) is 0 Å². The minimum atomic E-state index is 0.492. The average Bonchev–Trinajstić information content (AvgIpc) is 2.79. The maximum atomic E-state index is 4.55. The number of aryl methyl sites for hydroxylation is 2. The van der Waals surface area contributed by atoms with E-state index in [-0.39, 0.29) is 0 Å². The van der Waals surface area contributed by atoms with Gasteiger partial charge in [-0.2, -0.15) is 5.10 Å². The minimum absolute atomic E-state index is 0.492. The van der Waals surface area contributed by atoms with Gasteiger partial charge in [0.05, 0.1) is 5.69 Å². The number of hydrogen-bond acceptors (Lipinski definition) is 2. The summed E-state index contributed by atoms with van der Waals surface area (Å²) in [6, 6.07) is 11.4. The molecule has 3 heteroatoms. The number of rotatable bonds is 3. The third-order valence-corrected chi connectivity index (χ3v) is 4.30. The Hall–Kier alpha value is -1.77. The molecule has 0 spiro atoms. The predicted molar refractivity (Wildman–Crippen MR) is 83.1 cm³/mol. The molecule has 1 aromatic heterocycles. The fraction of sp³-hybridized carbons (Fsp3) is 0.471. The van der Waals surface area contributed by atoms with Crippen molar-refractivity contribution in [3.05, 3.63) is 47.3 Å². The zero-order chi connectivity index (χ0) is 14.1. The molecule has 2 heterocycles. The molecule has 1 aromatic carbocycles. The van der Waals surface area contributed by atoms with E-state index < -0.39 is 0 Å². The molecule has 0 saturated carbocycles. The van der Waals surface area contributed by atoms with Crippen LogP contribution in [-0.4, -0.2) is 15.8 Å². The Balaban J connectivity index is 1.81. The molecular formula is C17H23N3. The van der Waals surface area contributed by atoms with E-state index in [1.54, 1.807) is 0 Å². The van der Waals surface area contributed by atoms with E-state index in [9.17, 15) is 0 Å². The summed E-state index contributed by atoms with van der Waals surface area (Å²) in [4.78, 5) is 0. The van der Waals surface area contributed by atoms with Gasteiger partial charge < -0.3 is 5.32 Å². The summed E-state index contributed by atoms with van der Waals surface area (Å²) >= 11 is 0. The summed E-state index contributed by atoms with van der Waals surface area (Å²) < 4.78 is 2.13. The van der Waals surface area contributed by atoms with Crippen molar-refractivity contribution in [1.82, 2.24) is 9.78 Å². The molecule has 106 valence electrons. The molecular weight excluding hydrogens is 246 g/mol. The van der Waals surface area contributed by atoms with Gasteiger partial charge >= 0.3 is 0 Å². The Morgan fingerprint density at radius 2 is 2.15 bits per heavy atom. The minimum Gasteiger partial charge on any atom is -0.381 e. The second-order valence-electron chi connectivity index (χ2n) is 5.89. The molecule has 0 aliphatic carbocycles. The van der Waals surface area contributed by atoms with Crippen molar-refractivity contribution in [2.75, 3.05) is 5.32 Å². The predicted octanol–water partition coefficient (Wildman–Crippen LogP) is 3.43. The molecule has 20 heavy (non-hydrogen) atoms. The van der Waals surface area contributed by atoms with Crippen molar-refractivity contribution < 1.29 is 0 Å². The van der Waals surface area contributed by atoms with Crippen LogP contribution in [0.1, 0.15) is 30.8 Å². The Kier molecular flexibility index (Phi) is 3.51. The summed E-state index contributed by atoms with van der Waals surface area (Å²) in [5.74, 6) is 0.644. The molecule has 1 aliphatic heterocycles. The number of benzene rings is 1. The van der Waals surface area contributed by atoms with Crippen LogP contribution in [0.3, 0.4) is 0 Å². The molecule has 0 saturated heterocycles. The first-order valence-corrected chi connectivity index (χ1v) is 7.55. The average molecular weight is 269 g/mol. The molecule has 2 aromatic rings. The third-order valence-electron chi connectivity index (χ3n) is 4.30. The standard InChI is InChI=1S/C17H23N3/c1-4-20-15(10-13(3)19-20)11-17-12(2)9-14-7-5-6-8-16(14)18-17/h5-8,10,12,17-18H,4,9,11H2,1-3H3. The largest absolute Gasteiger partial charge is 0.381 e. The first-order valence-electron chi connectivity index (χ1n) is 7.55. The first-order chi connectivity index (χ1) is 9.67. The lowest BCUT2D eigenvalue weighted by atomic mass is 9.86. The topological polar surface area (TPSA) is 29.9 Å². The number of aromatic nitrogens is 2. The van der Waals surface area contributed by atoms with E-state index in [4.69, 9.17) is 0 Å². The lowest BCUT2D eigenvalue weighted by molar-refractivity contribution is 0.448. The van der Waals surface area contributed by atoms with Crippen LogP contribution in [0, 0.1) is 12.8 Å². The smallest absolute Gasteiger partial charge is 0.0596 e. The second kappa shape index (κ2) is 5.31. The molecule has 2 atom stereocenters. The van der Waals surface area contributed by atoms with Crippen LogP contribution in [0.2, 0.25) is 0 Å². The van der Waals surface area contributed by atoms with Crippen LogP contribution in [0.15, 0.2) is 30.3 Å². The van der Waals surface area contributed by atoms with Gasteiger partial charge in [-0.25, -0.2) is 0 Å². The second-order valence-corrected chi connectivity index (χ2v) is 5.89. The zero-order valence-corrected chi connectivity index (χ0v) is 12.6. The van der Waals surface area contributed by atoms with Crippen molar-refractivity contribution in [3.8, 4) is 0 Å². The molecule has 1 aliphatic rings. The number of anilines is 1. The van der Waals surface area contributed by atoms with Crippen molar-refractivity contribution in [2.45, 2.75) is 46.2 Å². The molecule has 2 unspecified atom stereocenters. The number of nitrogens with one attached hydrogen (secondary N) is 1. The van der Waals surface area contributed by atoms with E-state index in [1.807, 2.05) is 0 Å². The molecule has 0 bridgehead atoms. The first kappa shape index (κ1) is 13.2. The third kappa shape index (κ3) is 2.45. The van der Waals surface area contributed by atoms with Crippen molar-refractivity contribution >= 4 is 5.69 Å². The monoisotopic (exact) mass is 269 g/mol. The van der Waals surface area contributed by atoms with Gasteiger partial charge in [-0.15, -0.1) is 0 Å². The van der Waals surface area contributed by atoms with Crippen molar-refractivity contribution in [1.29, 1.82) is 0 Å². The Bertz CT molecular complexity index is 600. The van der Waals surface area contributed by atoms with Gasteiger partial charge in [0, 0.05) is 30.4 Å². The van der Waals surface area contributed by atoms with Crippen molar-refractivity contribution in [2.24, 2.45) is 5.92 Å². The maximum absolute atomic E-state index is 4.55. The highest BCUT2D eigenvalue weighted by Crippen LogP contribution is 2.29. The van der Waals surface area contributed by atoms with E-state index in [0.717, 1.165) is 25.1 Å². The maximum Gasteiger partial charge on any atom is 0.0596 e. The molecule has 0 radical (unpaired) electrons. The Labute approximate surface area is 121 Å². The van der Waals surface area contributed by atoms with Crippen LogP contribution < -0.4 is 5.32 Å². The fourth-order valence-electron chi connectivity index (χ4n) is 3.19. The fourth-order valence-corrected chi connectivity index (χ4v) is 3.19. The summed E-state index contributed by atoms with van der Waals surface area (Å²) in [6.07, 6.45) is 2.21. The summed E-state index contributed by atoms with van der Waals surface area (Å²) in [6.45, 7) is 7.51. The number of nitrogens with zero attached hydrogens (tertiary/aromatic N) is 2. The van der Waals surface area contributed by atoms with E-state index in [0.29, 0.717) is 12.0 Å². The molecule has 1 N–H and O–H groups in total. The van der Waals surface area contributed by atoms with Crippen LogP contribution >= 0.6 is 0 Å². The normalized spacial score (nSPS) is 21.4. The molecule has 3 nitrogen and oxygen atoms in total. The number of para-hydroxylation sites is 1. The highest BCUT2D eigenvalue weighted by Gasteiger charge is 2.25. The highest BCUT2D eigenvalue weighted by atomic mass is 15.3. The van der Waals surface area contributed by atoms with Gasteiger partial charge in [0.1, 0.15) is 0 Å². The van der Waals surface area contributed by atoms with Gasteiger partial charge in [-0.3, -0.25) is 4.68 Å². The van der Waals surface area contributed by atoms with Gasteiger partial charge in [0.2, 0.25) is 0 Å². The Morgan fingerprint density at radius 1 is 1.35 bits per heavy atom. The zero-order valence-electron chi connectivity index (χ0n) is 12.6. The molecule has 0 amide bonds. The van der Waals surface area contributed by atoms with Crippen LogP contribution in [0.4, 0.5) is 5.69 Å². The molecule has 0 fully saturated rings. The van der Waals surface area contributed by atoms with Crippen LogP contribution in [-0.2, 0) is 19.4 Å². The molecule has 3 rings (SSSR count). The van der Waals surface area contributed by atoms with Gasteiger partial charge in [0.15, 0.2) is 0 Å². The number of fused-ring (bicyclic) bond motifs is 1. The van der Waals surface area contributed by atoms with Gasteiger partial charge in [0.25, 0.3) is 0 Å². The van der Waals surface area contributed by atoms with Gasteiger partial charge in [-0.1, -0.05) is 25.1 Å². The number of hydrogen-bond donors (Lipinski definition) is 1. The van der Waals surface area contributed by atoms with Crippen LogP contribution in [0.5, 0.6) is 0 Å².